The number of benzene rings is 1. The first-order chi connectivity index (χ1) is 10.1. The van der Waals surface area contributed by atoms with Gasteiger partial charge in [0.2, 0.25) is 0 Å². The van der Waals surface area contributed by atoms with Gasteiger partial charge in [0.25, 0.3) is 5.56 Å². The fourth-order valence-electron chi connectivity index (χ4n) is 2.16. The molecule has 0 atom stereocenters. The number of para-hydroxylation sites is 1. The van der Waals surface area contributed by atoms with Crippen LogP contribution in [0.5, 0.6) is 0 Å². The maximum absolute atomic E-state index is 12.5. The molecule has 6 heteroatoms. The molecule has 1 N–H and O–H groups in total. The van der Waals surface area contributed by atoms with Crippen LogP contribution in [0, 0.1) is 6.92 Å². The second-order valence-electron chi connectivity index (χ2n) is 4.69. The van der Waals surface area contributed by atoms with Crippen molar-refractivity contribution >= 4 is 11.7 Å². The van der Waals surface area contributed by atoms with Crippen molar-refractivity contribution in [3.05, 3.63) is 46.4 Å². The van der Waals surface area contributed by atoms with Gasteiger partial charge in [-0.05, 0) is 19.1 Å². The highest BCUT2D eigenvalue weighted by atomic mass is 16.5. The minimum atomic E-state index is -0.306. The number of hydrogen-bond acceptors (Lipinski definition) is 4. The van der Waals surface area contributed by atoms with Crippen molar-refractivity contribution in [3.63, 3.8) is 0 Å². The summed E-state index contributed by atoms with van der Waals surface area (Å²) in [6.45, 7) is 2.23. The largest absolute Gasteiger partial charge is 0.469 e. The van der Waals surface area contributed by atoms with Crippen LogP contribution < -0.4 is 10.9 Å². The lowest BCUT2D eigenvalue weighted by Crippen LogP contribution is -2.21. The zero-order valence-electron chi connectivity index (χ0n) is 12.4. The minimum absolute atomic E-state index is 0.133. The highest BCUT2D eigenvalue weighted by Crippen LogP contribution is 2.13. The van der Waals surface area contributed by atoms with E-state index in [0.29, 0.717) is 12.2 Å². The zero-order valence-corrected chi connectivity index (χ0v) is 12.4. The Labute approximate surface area is 122 Å². The third kappa shape index (κ3) is 2.99. The van der Waals surface area contributed by atoms with E-state index in [1.807, 2.05) is 44.3 Å². The van der Waals surface area contributed by atoms with Crippen LogP contribution in [-0.2, 0) is 16.6 Å². The molecule has 0 saturated heterocycles. The molecule has 0 aliphatic heterocycles. The molecule has 0 unspecified atom stereocenters. The minimum Gasteiger partial charge on any atom is -0.469 e. The fraction of sp³-hybridized carbons (Fsp3) is 0.333. The van der Waals surface area contributed by atoms with Gasteiger partial charge in [-0.25, -0.2) is 4.68 Å². The molecule has 1 aromatic carbocycles. The van der Waals surface area contributed by atoms with E-state index in [1.165, 1.54) is 7.11 Å². The molecule has 0 fully saturated rings. The number of anilines is 1. The Morgan fingerprint density at radius 2 is 1.95 bits per heavy atom. The monoisotopic (exact) mass is 289 g/mol. The first-order valence-corrected chi connectivity index (χ1v) is 6.71. The molecule has 1 heterocycles. The molecular formula is C15H19N3O3. The number of nitrogens with zero attached hydrogens (tertiary/aromatic N) is 2. The van der Waals surface area contributed by atoms with E-state index in [2.05, 4.69) is 10.1 Å². The summed E-state index contributed by atoms with van der Waals surface area (Å²) in [6.07, 6.45) is 0.218. The number of rotatable bonds is 5. The highest BCUT2D eigenvalue weighted by Gasteiger charge is 2.15. The van der Waals surface area contributed by atoms with Crippen molar-refractivity contribution in [2.75, 3.05) is 19.0 Å². The normalized spacial score (nSPS) is 10.4. The third-order valence-corrected chi connectivity index (χ3v) is 3.41. The van der Waals surface area contributed by atoms with E-state index in [-0.39, 0.29) is 17.9 Å². The van der Waals surface area contributed by atoms with Gasteiger partial charge in [0.05, 0.1) is 24.9 Å². The summed E-state index contributed by atoms with van der Waals surface area (Å²) in [5.74, 6) is -0.306. The third-order valence-electron chi connectivity index (χ3n) is 3.41. The SMILES string of the molecule is COC(=O)CCNc1c(C)n(C)n(-c2ccccc2)c1=O. The lowest BCUT2D eigenvalue weighted by molar-refractivity contribution is -0.140. The lowest BCUT2D eigenvalue weighted by atomic mass is 10.3. The predicted octanol–water partition coefficient (Wildman–Crippen LogP) is 1.46. The standard InChI is InChI=1S/C15H19N3O3/c1-11-14(16-10-9-13(19)21-3)15(20)18(17(11)2)12-7-5-4-6-8-12/h4-8,16H,9-10H2,1-3H3. The van der Waals surface area contributed by atoms with Gasteiger partial charge in [0, 0.05) is 13.6 Å². The first-order valence-electron chi connectivity index (χ1n) is 6.71. The molecular weight excluding hydrogens is 270 g/mol. The van der Waals surface area contributed by atoms with Gasteiger partial charge in [-0.15, -0.1) is 0 Å². The fourth-order valence-corrected chi connectivity index (χ4v) is 2.16. The molecule has 6 nitrogen and oxygen atoms in total. The maximum Gasteiger partial charge on any atom is 0.307 e. The number of nitrogens with one attached hydrogen (secondary N) is 1. The van der Waals surface area contributed by atoms with Crippen LogP contribution in [0.1, 0.15) is 12.1 Å². The van der Waals surface area contributed by atoms with E-state index in [4.69, 9.17) is 0 Å². The molecule has 112 valence electrons. The summed E-state index contributed by atoms with van der Waals surface area (Å²) in [5.41, 5.74) is 1.99. The summed E-state index contributed by atoms with van der Waals surface area (Å²) in [5, 5.41) is 3.02. The van der Waals surface area contributed by atoms with Crippen molar-refractivity contribution < 1.29 is 9.53 Å². The average Bonchev–Trinajstić information content (AvgIpc) is 2.71. The second kappa shape index (κ2) is 6.30. The average molecular weight is 289 g/mol. The van der Waals surface area contributed by atoms with Crippen LogP contribution in [0.25, 0.3) is 5.69 Å². The molecule has 21 heavy (non-hydrogen) atoms. The number of esters is 1. The molecule has 1 aromatic heterocycles. The second-order valence-corrected chi connectivity index (χ2v) is 4.69. The van der Waals surface area contributed by atoms with Crippen LogP contribution in [0.3, 0.4) is 0 Å². The van der Waals surface area contributed by atoms with Gasteiger partial charge in [0.1, 0.15) is 5.69 Å². The Kier molecular flexibility index (Phi) is 4.47. The number of hydrogen-bond donors (Lipinski definition) is 1. The molecule has 0 aliphatic rings. The van der Waals surface area contributed by atoms with Gasteiger partial charge < -0.3 is 10.1 Å². The van der Waals surface area contributed by atoms with Crippen LogP contribution in [0.2, 0.25) is 0 Å². The van der Waals surface area contributed by atoms with Gasteiger partial charge >= 0.3 is 5.97 Å². The number of ether oxygens (including phenoxy) is 1. The zero-order chi connectivity index (χ0) is 15.4. The van der Waals surface area contributed by atoms with Gasteiger partial charge in [-0.3, -0.25) is 14.3 Å². The molecule has 0 bridgehead atoms. The molecule has 0 radical (unpaired) electrons. The molecule has 0 amide bonds. The van der Waals surface area contributed by atoms with Crippen molar-refractivity contribution in [3.8, 4) is 5.69 Å². The number of aromatic nitrogens is 2. The molecule has 2 aromatic rings. The summed E-state index contributed by atoms with van der Waals surface area (Å²) in [4.78, 5) is 23.6. The van der Waals surface area contributed by atoms with Crippen LogP contribution in [0.4, 0.5) is 5.69 Å². The van der Waals surface area contributed by atoms with E-state index >= 15 is 0 Å². The highest BCUT2D eigenvalue weighted by molar-refractivity contribution is 5.69. The van der Waals surface area contributed by atoms with Crippen molar-refractivity contribution in [1.29, 1.82) is 0 Å². The number of carbonyl (C=O) groups is 1. The van der Waals surface area contributed by atoms with Crippen LogP contribution >= 0.6 is 0 Å². The Bertz CT molecular complexity index is 686. The summed E-state index contributed by atoms with van der Waals surface area (Å²) in [6, 6.07) is 9.42. The predicted molar refractivity (Wildman–Crippen MR) is 80.9 cm³/mol. The van der Waals surface area contributed by atoms with Crippen molar-refractivity contribution in [2.24, 2.45) is 7.05 Å². The maximum atomic E-state index is 12.5. The van der Waals surface area contributed by atoms with E-state index in [1.54, 1.807) is 9.36 Å². The van der Waals surface area contributed by atoms with Crippen molar-refractivity contribution in [1.82, 2.24) is 9.36 Å². The summed E-state index contributed by atoms with van der Waals surface area (Å²) < 4.78 is 7.96. The van der Waals surface area contributed by atoms with Gasteiger partial charge in [-0.1, -0.05) is 18.2 Å². The van der Waals surface area contributed by atoms with Gasteiger partial charge in [-0.2, -0.15) is 0 Å². The topological polar surface area (TPSA) is 65.3 Å². The van der Waals surface area contributed by atoms with Gasteiger partial charge in [0.15, 0.2) is 0 Å². The lowest BCUT2D eigenvalue weighted by Gasteiger charge is -2.07. The van der Waals surface area contributed by atoms with Crippen molar-refractivity contribution in [2.45, 2.75) is 13.3 Å². The molecule has 0 spiro atoms. The Morgan fingerprint density at radius 1 is 1.29 bits per heavy atom. The smallest absolute Gasteiger partial charge is 0.307 e. The summed E-state index contributed by atoms with van der Waals surface area (Å²) in [7, 11) is 3.17. The molecule has 0 saturated carbocycles. The Balaban J connectivity index is 2.29. The quantitative estimate of drug-likeness (QED) is 0.846. The molecule has 2 rings (SSSR count). The summed E-state index contributed by atoms with van der Waals surface area (Å²) >= 11 is 0. The van der Waals surface area contributed by atoms with Crippen LogP contribution in [0.15, 0.2) is 35.1 Å². The Morgan fingerprint density at radius 3 is 2.57 bits per heavy atom. The number of methoxy groups -OCH3 is 1. The van der Waals surface area contributed by atoms with E-state index in [0.717, 1.165) is 11.4 Å². The first kappa shape index (κ1) is 14.9. The Hall–Kier alpha value is -2.50. The van der Waals surface area contributed by atoms with E-state index < -0.39 is 0 Å². The molecule has 0 aliphatic carbocycles. The van der Waals surface area contributed by atoms with E-state index in [9.17, 15) is 9.59 Å². The number of carbonyl (C=O) groups excluding carboxylic acids is 1. The van der Waals surface area contributed by atoms with Crippen LogP contribution in [-0.4, -0.2) is 29.0 Å².